The molecule has 1 unspecified atom stereocenters. The summed E-state index contributed by atoms with van der Waals surface area (Å²) in [5, 5.41) is 11.6. The summed E-state index contributed by atoms with van der Waals surface area (Å²) in [5.41, 5.74) is 1.12. The molecule has 1 aliphatic heterocycles. The van der Waals surface area contributed by atoms with Gasteiger partial charge in [-0.15, -0.1) is 11.3 Å². The van der Waals surface area contributed by atoms with Gasteiger partial charge in [0.05, 0.1) is 47.1 Å². The van der Waals surface area contributed by atoms with Gasteiger partial charge in [-0.25, -0.2) is 4.98 Å². The summed E-state index contributed by atoms with van der Waals surface area (Å²) in [5.74, 6) is -0.252. The molecule has 34 heavy (non-hydrogen) atoms. The van der Waals surface area contributed by atoms with Gasteiger partial charge in [-0.2, -0.15) is 0 Å². The van der Waals surface area contributed by atoms with Gasteiger partial charge < -0.3 is 23.9 Å². The molecule has 1 aromatic carbocycles. The molecule has 1 atom stereocenters. The number of rotatable bonds is 9. The average molecular weight is 481 g/mol. The number of carbonyl (C=O) groups is 2. The van der Waals surface area contributed by atoms with Crippen molar-refractivity contribution in [3.8, 4) is 11.5 Å². The zero-order chi connectivity index (χ0) is 24.4. The number of ether oxygens (including phenoxy) is 2. The zero-order valence-corrected chi connectivity index (χ0v) is 19.8. The molecule has 3 heterocycles. The van der Waals surface area contributed by atoms with E-state index in [0.717, 1.165) is 5.01 Å². The van der Waals surface area contributed by atoms with E-state index in [9.17, 15) is 14.7 Å². The van der Waals surface area contributed by atoms with E-state index in [4.69, 9.17) is 13.9 Å². The van der Waals surface area contributed by atoms with E-state index >= 15 is 0 Å². The van der Waals surface area contributed by atoms with Crippen LogP contribution >= 0.6 is 11.3 Å². The van der Waals surface area contributed by atoms with Crippen molar-refractivity contribution in [3.63, 3.8) is 0 Å². The quantitative estimate of drug-likeness (QED) is 0.350. The maximum atomic E-state index is 13.6. The first-order chi connectivity index (χ1) is 16.3. The molecule has 1 N–H and O–H groups in total. The molecule has 176 valence electrons. The molecular formula is C25H24N2O6S. The number of carbonyl (C=O) groups excluding carboxylic acids is 2. The van der Waals surface area contributed by atoms with Gasteiger partial charge in [0.2, 0.25) is 5.78 Å². The lowest BCUT2D eigenvalue weighted by Crippen LogP contribution is -2.30. The summed E-state index contributed by atoms with van der Waals surface area (Å²) in [6, 6.07) is 7.71. The number of nitrogens with zero attached hydrogens (tertiary/aromatic N) is 2. The predicted octanol–water partition coefficient (Wildman–Crippen LogP) is 4.70. The molecule has 0 bridgehead atoms. The van der Waals surface area contributed by atoms with Crippen LogP contribution in [0.2, 0.25) is 0 Å². The van der Waals surface area contributed by atoms with E-state index in [0.29, 0.717) is 33.4 Å². The van der Waals surface area contributed by atoms with Crippen LogP contribution in [0.5, 0.6) is 11.5 Å². The number of thiazole rings is 1. The van der Waals surface area contributed by atoms with Crippen molar-refractivity contribution < 1.29 is 28.6 Å². The van der Waals surface area contributed by atoms with Crippen LogP contribution in [-0.2, 0) is 11.3 Å². The normalized spacial score (nSPS) is 15.7. The minimum atomic E-state index is -0.866. The van der Waals surface area contributed by atoms with Gasteiger partial charge in [0.1, 0.15) is 12.4 Å². The van der Waals surface area contributed by atoms with E-state index < -0.39 is 23.5 Å². The molecule has 8 nitrogen and oxygen atoms in total. The summed E-state index contributed by atoms with van der Waals surface area (Å²) < 4.78 is 16.6. The molecule has 1 amide bonds. The second-order valence-electron chi connectivity index (χ2n) is 7.66. The standard InChI is InChI=1S/C25H24N2O6S/c1-5-10-33-18-9-8-16(12-19(18)31-4)21-20(22(28)24-14(2)26-15(3)34-24)23(29)25(30)27(21)13-17-7-6-11-32-17/h5-9,11-12,21,29H,1,10,13H2,2-4H3. The van der Waals surface area contributed by atoms with Crippen molar-refractivity contribution in [1.29, 1.82) is 0 Å². The summed E-state index contributed by atoms with van der Waals surface area (Å²) in [6.45, 7) is 7.53. The highest BCUT2D eigenvalue weighted by atomic mass is 32.1. The van der Waals surface area contributed by atoms with E-state index in [1.165, 1.54) is 29.6 Å². The van der Waals surface area contributed by atoms with E-state index in [2.05, 4.69) is 11.6 Å². The number of benzene rings is 1. The first-order valence-electron chi connectivity index (χ1n) is 10.5. The Kier molecular flexibility index (Phi) is 6.56. The van der Waals surface area contributed by atoms with Gasteiger partial charge in [-0.3, -0.25) is 9.59 Å². The number of amides is 1. The van der Waals surface area contributed by atoms with Gasteiger partial charge in [0.15, 0.2) is 17.3 Å². The van der Waals surface area contributed by atoms with Gasteiger partial charge in [-0.1, -0.05) is 18.7 Å². The van der Waals surface area contributed by atoms with Crippen molar-refractivity contribution >= 4 is 23.0 Å². The Balaban J connectivity index is 1.82. The molecule has 0 radical (unpaired) electrons. The minimum absolute atomic E-state index is 0.00915. The van der Waals surface area contributed by atoms with Crippen LogP contribution in [0.1, 0.15) is 37.7 Å². The molecule has 0 fully saturated rings. The average Bonchev–Trinajstić information content (AvgIpc) is 3.52. The fraction of sp³-hybridized carbons (Fsp3) is 0.240. The second-order valence-corrected chi connectivity index (χ2v) is 8.87. The maximum Gasteiger partial charge on any atom is 0.290 e. The van der Waals surface area contributed by atoms with Crippen molar-refractivity contribution in [2.24, 2.45) is 0 Å². The highest BCUT2D eigenvalue weighted by Crippen LogP contribution is 2.43. The van der Waals surface area contributed by atoms with Crippen molar-refractivity contribution in [2.45, 2.75) is 26.4 Å². The van der Waals surface area contributed by atoms with E-state index in [1.54, 1.807) is 50.3 Å². The summed E-state index contributed by atoms with van der Waals surface area (Å²) in [6.07, 6.45) is 3.12. The Bertz CT molecular complexity index is 1270. The van der Waals surface area contributed by atoms with Crippen molar-refractivity contribution in [2.75, 3.05) is 13.7 Å². The van der Waals surface area contributed by atoms with Crippen LogP contribution in [0, 0.1) is 13.8 Å². The largest absolute Gasteiger partial charge is 0.503 e. The molecule has 2 aromatic heterocycles. The predicted molar refractivity (Wildman–Crippen MR) is 126 cm³/mol. The first-order valence-corrected chi connectivity index (χ1v) is 11.3. The Morgan fingerprint density at radius 3 is 2.74 bits per heavy atom. The molecule has 3 aromatic rings. The van der Waals surface area contributed by atoms with Crippen molar-refractivity contribution in [1.82, 2.24) is 9.88 Å². The maximum absolute atomic E-state index is 13.6. The smallest absolute Gasteiger partial charge is 0.290 e. The third-order valence-electron chi connectivity index (χ3n) is 5.42. The van der Waals surface area contributed by atoms with Crippen LogP contribution < -0.4 is 9.47 Å². The fourth-order valence-corrected chi connectivity index (χ4v) is 4.83. The highest BCUT2D eigenvalue weighted by molar-refractivity contribution is 7.14. The molecule has 4 rings (SSSR count). The third kappa shape index (κ3) is 4.22. The molecule has 9 heteroatoms. The topological polar surface area (TPSA) is 102 Å². The third-order valence-corrected chi connectivity index (χ3v) is 6.50. The minimum Gasteiger partial charge on any atom is -0.503 e. The second kappa shape index (κ2) is 9.56. The number of aryl methyl sites for hydroxylation is 2. The number of Topliss-reactive ketones (excluding diaryl/α,β-unsaturated/α-hetero) is 1. The lowest BCUT2D eigenvalue weighted by molar-refractivity contribution is -0.130. The lowest BCUT2D eigenvalue weighted by Gasteiger charge is -2.26. The number of hydrogen-bond donors (Lipinski definition) is 1. The summed E-state index contributed by atoms with van der Waals surface area (Å²) in [4.78, 5) is 32.9. The molecule has 0 saturated carbocycles. The summed E-state index contributed by atoms with van der Waals surface area (Å²) in [7, 11) is 1.50. The Morgan fingerprint density at radius 2 is 2.12 bits per heavy atom. The van der Waals surface area contributed by atoms with E-state index in [1.807, 2.05) is 0 Å². The van der Waals surface area contributed by atoms with Gasteiger partial charge in [0.25, 0.3) is 5.91 Å². The van der Waals surface area contributed by atoms with Crippen LogP contribution in [0.15, 0.2) is 65.0 Å². The number of furan rings is 1. The fourth-order valence-electron chi connectivity index (χ4n) is 3.95. The summed E-state index contributed by atoms with van der Waals surface area (Å²) >= 11 is 1.23. The zero-order valence-electron chi connectivity index (χ0n) is 19.0. The molecular weight excluding hydrogens is 456 g/mol. The Morgan fingerprint density at radius 1 is 1.32 bits per heavy atom. The monoisotopic (exact) mass is 480 g/mol. The number of methoxy groups -OCH3 is 1. The number of ketones is 1. The molecule has 0 saturated heterocycles. The van der Waals surface area contributed by atoms with Crippen LogP contribution in [0.25, 0.3) is 0 Å². The number of aliphatic hydroxyl groups is 1. The van der Waals surface area contributed by atoms with Gasteiger partial charge in [-0.05, 0) is 43.7 Å². The van der Waals surface area contributed by atoms with Crippen LogP contribution in [0.3, 0.4) is 0 Å². The molecule has 0 aliphatic carbocycles. The SMILES string of the molecule is C=CCOc1ccc(C2C(C(=O)c3sc(C)nc3C)=C(O)C(=O)N2Cc2ccco2)cc1OC. The first kappa shape index (κ1) is 23.3. The number of aromatic nitrogens is 1. The van der Waals surface area contributed by atoms with Gasteiger partial charge >= 0.3 is 0 Å². The lowest BCUT2D eigenvalue weighted by atomic mass is 9.94. The molecule has 0 spiro atoms. The van der Waals surface area contributed by atoms with Crippen LogP contribution in [-0.4, -0.2) is 40.4 Å². The van der Waals surface area contributed by atoms with Crippen LogP contribution in [0.4, 0.5) is 0 Å². The number of hydrogen-bond acceptors (Lipinski definition) is 8. The van der Waals surface area contributed by atoms with Gasteiger partial charge in [0, 0.05) is 0 Å². The van der Waals surface area contributed by atoms with E-state index in [-0.39, 0.29) is 18.7 Å². The number of aliphatic hydroxyl groups excluding tert-OH is 1. The van der Waals surface area contributed by atoms with Crippen molar-refractivity contribution in [3.05, 3.63) is 87.5 Å². The molecule has 1 aliphatic rings. The Hall–Kier alpha value is -3.85. The Labute approximate surface area is 200 Å². The highest BCUT2D eigenvalue weighted by Gasteiger charge is 2.45.